The normalized spacial score (nSPS) is 27.6. The SMILES string of the molecule is CN1C2CCC1c1c(nc3c(Br)cccn13)C2. The predicted molar refractivity (Wildman–Crippen MR) is 70.1 cm³/mol. The summed E-state index contributed by atoms with van der Waals surface area (Å²) >= 11 is 3.59. The summed E-state index contributed by atoms with van der Waals surface area (Å²) < 4.78 is 3.36. The van der Waals surface area contributed by atoms with Crippen molar-refractivity contribution >= 4 is 21.6 Å². The smallest absolute Gasteiger partial charge is 0.151 e. The monoisotopic (exact) mass is 291 g/mol. The van der Waals surface area contributed by atoms with E-state index >= 15 is 0 Å². The molecule has 2 aliphatic heterocycles. The summed E-state index contributed by atoms with van der Waals surface area (Å²) in [5, 5.41) is 0. The molecule has 0 radical (unpaired) electrons. The van der Waals surface area contributed by atoms with Crippen molar-refractivity contribution in [1.82, 2.24) is 14.3 Å². The molecule has 4 heteroatoms. The molecule has 1 saturated heterocycles. The lowest BCUT2D eigenvalue weighted by atomic mass is 10.0. The summed E-state index contributed by atoms with van der Waals surface area (Å²) in [5.74, 6) is 0. The molecule has 0 aliphatic carbocycles. The molecule has 1 fully saturated rings. The average Bonchev–Trinajstić information content (AvgIpc) is 2.78. The molecular formula is C13H14BrN3. The fourth-order valence-electron chi connectivity index (χ4n) is 3.41. The molecule has 0 spiro atoms. The highest BCUT2D eigenvalue weighted by molar-refractivity contribution is 9.10. The number of hydrogen-bond donors (Lipinski definition) is 0. The number of imidazole rings is 1. The zero-order valence-corrected chi connectivity index (χ0v) is 11.3. The Kier molecular flexibility index (Phi) is 1.97. The third-order valence-electron chi connectivity index (χ3n) is 4.30. The third-order valence-corrected chi connectivity index (χ3v) is 4.92. The van der Waals surface area contributed by atoms with Gasteiger partial charge >= 0.3 is 0 Å². The van der Waals surface area contributed by atoms with Crippen LogP contribution in [0.15, 0.2) is 22.8 Å². The molecule has 2 bridgehead atoms. The van der Waals surface area contributed by atoms with Crippen molar-refractivity contribution in [3.05, 3.63) is 34.2 Å². The molecule has 2 atom stereocenters. The van der Waals surface area contributed by atoms with Gasteiger partial charge in [-0.1, -0.05) is 0 Å². The van der Waals surface area contributed by atoms with Crippen molar-refractivity contribution in [2.45, 2.75) is 31.3 Å². The summed E-state index contributed by atoms with van der Waals surface area (Å²) in [6.45, 7) is 0. The van der Waals surface area contributed by atoms with Crippen molar-refractivity contribution < 1.29 is 0 Å². The van der Waals surface area contributed by atoms with Crippen LogP contribution in [-0.4, -0.2) is 27.4 Å². The molecule has 0 aromatic carbocycles. The summed E-state index contributed by atoms with van der Waals surface area (Å²) in [4.78, 5) is 7.34. The highest BCUT2D eigenvalue weighted by Crippen LogP contribution is 2.42. The molecule has 4 heterocycles. The van der Waals surface area contributed by atoms with Gasteiger partial charge in [-0.2, -0.15) is 0 Å². The lowest BCUT2D eigenvalue weighted by molar-refractivity contribution is 0.218. The van der Waals surface area contributed by atoms with Gasteiger partial charge in [-0.25, -0.2) is 4.98 Å². The number of halogens is 1. The van der Waals surface area contributed by atoms with E-state index in [-0.39, 0.29) is 0 Å². The summed E-state index contributed by atoms with van der Waals surface area (Å²) in [5.41, 5.74) is 3.79. The highest BCUT2D eigenvalue weighted by Gasteiger charge is 2.40. The molecule has 2 unspecified atom stereocenters. The Morgan fingerprint density at radius 3 is 3.18 bits per heavy atom. The van der Waals surface area contributed by atoms with Crippen LogP contribution in [0, 0.1) is 0 Å². The second-order valence-corrected chi connectivity index (χ2v) is 5.96. The Hall–Kier alpha value is -0.870. The summed E-state index contributed by atoms with van der Waals surface area (Å²) in [6.07, 6.45) is 5.83. The number of aromatic nitrogens is 2. The standard InChI is InChI=1S/C13H14BrN3/c1-16-8-4-5-11(16)12-10(7-8)15-13-9(14)3-2-6-17(12)13/h2-3,6,8,11H,4-5,7H2,1H3. The van der Waals surface area contributed by atoms with Crippen LogP contribution in [-0.2, 0) is 6.42 Å². The van der Waals surface area contributed by atoms with Crippen LogP contribution in [0.5, 0.6) is 0 Å². The van der Waals surface area contributed by atoms with E-state index in [0.717, 1.165) is 16.5 Å². The van der Waals surface area contributed by atoms with Crippen LogP contribution in [0.25, 0.3) is 5.65 Å². The van der Waals surface area contributed by atoms with Gasteiger partial charge in [-0.15, -0.1) is 0 Å². The van der Waals surface area contributed by atoms with Crippen molar-refractivity contribution in [3.8, 4) is 0 Å². The first-order valence-electron chi connectivity index (χ1n) is 6.13. The molecule has 2 aliphatic rings. The van der Waals surface area contributed by atoms with E-state index in [4.69, 9.17) is 4.98 Å². The Bertz CT molecular complexity index is 604. The largest absolute Gasteiger partial charge is 0.301 e. The molecule has 17 heavy (non-hydrogen) atoms. The van der Waals surface area contributed by atoms with E-state index in [9.17, 15) is 0 Å². The van der Waals surface area contributed by atoms with E-state index in [2.05, 4.69) is 50.6 Å². The van der Waals surface area contributed by atoms with E-state index in [1.165, 1.54) is 24.2 Å². The molecule has 0 N–H and O–H groups in total. The Morgan fingerprint density at radius 2 is 2.29 bits per heavy atom. The lowest BCUT2D eigenvalue weighted by Gasteiger charge is -2.30. The van der Waals surface area contributed by atoms with Gasteiger partial charge in [0.25, 0.3) is 0 Å². The molecule has 88 valence electrons. The first kappa shape index (κ1) is 10.1. The van der Waals surface area contributed by atoms with Crippen LogP contribution >= 0.6 is 15.9 Å². The van der Waals surface area contributed by atoms with E-state index in [0.29, 0.717) is 12.1 Å². The number of nitrogens with zero attached hydrogens (tertiary/aromatic N) is 3. The Morgan fingerprint density at radius 1 is 1.41 bits per heavy atom. The number of rotatable bonds is 0. The van der Waals surface area contributed by atoms with Crippen molar-refractivity contribution in [1.29, 1.82) is 0 Å². The minimum Gasteiger partial charge on any atom is -0.301 e. The van der Waals surface area contributed by atoms with Gasteiger partial charge in [0.05, 0.1) is 21.9 Å². The second-order valence-electron chi connectivity index (χ2n) is 5.11. The average molecular weight is 292 g/mol. The first-order valence-corrected chi connectivity index (χ1v) is 6.92. The van der Waals surface area contributed by atoms with Gasteiger partial charge in [0.2, 0.25) is 0 Å². The maximum absolute atomic E-state index is 4.82. The Labute approximate surface area is 109 Å². The zero-order chi connectivity index (χ0) is 11.6. The zero-order valence-electron chi connectivity index (χ0n) is 9.73. The third kappa shape index (κ3) is 1.23. The van der Waals surface area contributed by atoms with Gasteiger partial charge in [-0.05, 0) is 48.0 Å². The van der Waals surface area contributed by atoms with Gasteiger partial charge < -0.3 is 4.40 Å². The molecule has 4 rings (SSSR count). The summed E-state index contributed by atoms with van der Waals surface area (Å²) in [6, 6.07) is 5.42. The molecular weight excluding hydrogens is 278 g/mol. The summed E-state index contributed by atoms with van der Waals surface area (Å²) in [7, 11) is 2.25. The van der Waals surface area contributed by atoms with Crippen LogP contribution in [0.1, 0.15) is 30.3 Å². The number of pyridine rings is 1. The van der Waals surface area contributed by atoms with Gasteiger partial charge in [0.1, 0.15) is 0 Å². The quantitative estimate of drug-likeness (QED) is 0.744. The minimum atomic E-state index is 0.563. The van der Waals surface area contributed by atoms with E-state index < -0.39 is 0 Å². The number of likely N-dealkylation sites (N-methyl/N-ethyl adjacent to an activating group) is 1. The molecule has 0 saturated carbocycles. The van der Waals surface area contributed by atoms with E-state index in [1.54, 1.807) is 0 Å². The maximum atomic E-state index is 4.82. The molecule has 0 amide bonds. The second kappa shape index (κ2) is 3.33. The maximum Gasteiger partial charge on any atom is 0.151 e. The van der Waals surface area contributed by atoms with Gasteiger partial charge in [0, 0.05) is 18.7 Å². The topological polar surface area (TPSA) is 20.5 Å². The minimum absolute atomic E-state index is 0.563. The lowest BCUT2D eigenvalue weighted by Crippen LogP contribution is -2.34. The fourth-order valence-corrected chi connectivity index (χ4v) is 3.85. The molecule has 2 aromatic heterocycles. The molecule has 3 nitrogen and oxygen atoms in total. The predicted octanol–water partition coefficient (Wildman–Crippen LogP) is 2.79. The van der Waals surface area contributed by atoms with Crippen LogP contribution < -0.4 is 0 Å². The highest BCUT2D eigenvalue weighted by atomic mass is 79.9. The van der Waals surface area contributed by atoms with Gasteiger partial charge in [-0.3, -0.25) is 4.90 Å². The van der Waals surface area contributed by atoms with Crippen LogP contribution in [0.4, 0.5) is 0 Å². The van der Waals surface area contributed by atoms with Crippen molar-refractivity contribution in [2.24, 2.45) is 0 Å². The van der Waals surface area contributed by atoms with Gasteiger partial charge in [0.15, 0.2) is 5.65 Å². The van der Waals surface area contributed by atoms with Crippen molar-refractivity contribution in [2.75, 3.05) is 7.05 Å². The number of fused-ring (bicyclic) bond motifs is 6. The number of hydrogen-bond acceptors (Lipinski definition) is 2. The van der Waals surface area contributed by atoms with Crippen LogP contribution in [0.3, 0.4) is 0 Å². The molecule has 2 aromatic rings. The van der Waals surface area contributed by atoms with E-state index in [1.807, 2.05) is 0 Å². The Balaban J connectivity index is 2.04. The fraction of sp³-hybridized carbons (Fsp3) is 0.462. The van der Waals surface area contributed by atoms with Crippen LogP contribution in [0.2, 0.25) is 0 Å². The van der Waals surface area contributed by atoms with Crippen molar-refractivity contribution in [3.63, 3.8) is 0 Å². The first-order chi connectivity index (χ1) is 8.25.